The Morgan fingerprint density at radius 3 is 2.76 bits per heavy atom. The van der Waals surface area contributed by atoms with Gasteiger partial charge in [0, 0.05) is 30.3 Å². The fourth-order valence-electron chi connectivity index (χ4n) is 3.24. The summed E-state index contributed by atoms with van der Waals surface area (Å²) in [5.41, 5.74) is 0.710. The summed E-state index contributed by atoms with van der Waals surface area (Å²) in [6.45, 7) is 7.10. The molecule has 0 saturated carbocycles. The summed E-state index contributed by atoms with van der Waals surface area (Å²) in [6, 6.07) is 4.55. The van der Waals surface area contributed by atoms with E-state index >= 15 is 0 Å². The van der Waals surface area contributed by atoms with Crippen LogP contribution >= 0.6 is 0 Å². The predicted octanol–water partition coefficient (Wildman–Crippen LogP) is 3.92. The average molecular weight is 295 g/mol. The number of halogens is 1. The molecule has 0 radical (unpaired) electrons. The fourth-order valence-corrected chi connectivity index (χ4v) is 3.24. The summed E-state index contributed by atoms with van der Waals surface area (Å²) < 4.78 is 19.0. The number of ether oxygens (including phenoxy) is 1. The SMILES string of the molecule is CCC1(CC)CC(NC(C)c2ccc(F)cc2O)CCO1. The van der Waals surface area contributed by atoms with Crippen molar-refractivity contribution in [1.29, 1.82) is 0 Å². The third-order valence-corrected chi connectivity index (χ3v) is 4.73. The van der Waals surface area contributed by atoms with E-state index in [1.54, 1.807) is 6.07 Å². The van der Waals surface area contributed by atoms with E-state index in [1.807, 2.05) is 6.92 Å². The van der Waals surface area contributed by atoms with Crippen LogP contribution in [0.2, 0.25) is 0 Å². The van der Waals surface area contributed by atoms with Gasteiger partial charge in [0.2, 0.25) is 0 Å². The maximum atomic E-state index is 13.1. The molecule has 2 rings (SSSR count). The van der Waals surface area contributed by atoms with Crippen molar-refractivity contribution in [2.24, 2.45) is 0 Å². The summed E-state index contributed by atoms with van der Waals surface area (Å²) in [5, 5.41) is 13.4. The van der Waals surface area contributed by atoms with Gasteiger partial charge in [-0.3, -0.25) is 0 Å². The smallest absolute Gasteiger partial charge is 0.126 e. The third kappa shape index (κ3) is 3.74. The van der Waals surface area contributed by atoms with Crippen LogP contribution in [0.3, 0.4) is 0 Å². The van der Waals surface area contributed by atoms with Crippen molar-refractivity contribution < 1.29 is 14.2 Å². The molecule has 2 N–H and O–H groups in total. The molecule has 1 aliphatic heterocycles. The second-order valence-corrected chi connectivity index (χ2v) is 6.02. The van der Waals surface area contributed by atoms with Gasteiger partial charge in [-0.1, -0.05) is 19.9 Å². The van der Waals surface area contributed by atoms with E-state index in [-0.39, 0.29) is 17.4 Å². The summed E-state index contributed by atoms with van der Waals surface area (Å²) >= 11 is 0. The second kappa shape index (κ2) is 6.75. The molecule has 1 saturated heterocycles. The average Bonchev–Trinajstić information content (AvgIpc) is 2.47. The normalized spacial score (nSPS) is 23.0. The van der Waals surface area contributed by atoms with Crippen molar-refractivity contribution in [3.8, 4) is 5.75 Å². The first-order valence-electron chi connectivity index (χ1n) is 7.88. The lowest BCUT2D eigenvalue weighted by molar-refractivity contribution is -0.0939. The number of hydrogen-bond acceptors (Lipinski definition) is 3. The molecule has 0 amide bonds. The maximum absolute atomic E-state index is 13.1. The zero-order valence-corrected chi connectivity index (χ0v) is 13.2. The van der Waals surface area contributed by atoms with E-state index in [0.717, 1.165) is 37.9 Å². The Morgan fingerprint density at radius 1 is 1.43 bits per heavy atom. The van der Waals surface area contributed by atoms with Crippen LogP contribution in [0, 0.1) is 5.82 Å². The monoisotopic (exact) mass is 295 g/mol. The number of phenols is 1. The molecular formula is C17H26FNO2. The van der Waals surface area contributed by atoms with Crippen LogP contribution < -0.4 is 5.32 Å². The van der Waals surface area contributed by atoms with Crippen LogP contribution in [0.25, 0.3) is 0 Å². The number of nitrogens with one attached hydrogen (secondary N) is 1. The maximum Gasteiger partial charge on any atom is 0.126 e. The van der Waals surface area contributed by atoms with Crippen LogP contribution in [0.5, 0.6) is 5.75 Å². The molecule has 2 atom stereocenters. The van der Waals surface area contributed by atoms with Crippen molar-refractivity contribution in [2.45, 2.75) is 64.1 Å². The van der Waals surface area contributed by atoms with E-state index in [2.05, 4.69) is 19.2 Å². The van der Waals surface area contributed by atoms with Gasteiger partial charge in [0.05, 0.1) is 5.60 Å². The molecule has 1 heterocycles. The van der Waals surface area contributed by atoms with Gasteiger partial charge in [0.25, 0.3) is 0 Å². The number of aromatic hydroxyl groups is 1. The van der Waals surface area contributed by atoms with Gasteiger partial charge in [-0.05, 0) is 38.7 Å². The van der Waals surface area contributed by atoms with Crippen molar-refractivity contribution in [3.63, 3.8) is 0 Å². The van der Waals surface area contributed by atoms with Gasteiger partial charge in [-0.2, -0.15) is 0 Å². The molecule has 1 aromatic carbocycles. The molecule has 118 valence electrons. The molecule has 0 bridgehead atoms. The van der Waals surface area contributed by atoms with Crippen LogP contribution in [0.1, 0.15) is 58.1 Å². The molecular weight excluding hydrogens is 269 g/mol. The molecule has 0 spiro atoms. The molecule has 3 nitrogen and oxygen atoms in total. The van der Waals surface area contributed by atoms with Gasteiger partial charge < -0.3 is 15.2 Å². The summed E-state index contributed by atoms with van der Waals surface area (Å²) in [6.07, 6.45) is 3.97. The van der Waals surface area contributed by atoms with Gasteiger partial charge >= 0.3 is 0 Å². The van der Waals surface area contributed by atoms with E-state index < -0.39 is 5.82 Å². The minimum absolute atomic E-state index is 0.0132. The highest BCUT2D eigenvalue weighted by Gasteiger charge is 2.35. The van der Waals surface area contributed by atoms with Crippen LogP contribution in [-0.4, -0.2) is 23.4 Å². The van der Waals surface area contributed by atoms with Crippen molar-refractivity contribution in [2.75, 3.05) is 6.61 Å². The lowest BCUT2D eigenvalue weighted by Gasteiger charge is -2.41. The van der Waals surface area contributed by atoms with E-state index in [4.69, 9.17) is 4.74 Å². The lowest BCUT2D eigenvalue weighted by atomic mass is 9.85. The number of rotatable bonds is 5. The largest absolute Gasteiger partial charge is 0.508 e. The van der Waals surface area contributed by atoms with Crippen LogP contribution in [0.4, 0.5) is 4.39 Å². The van der Waals surface area contributed by atoms with Crippen molar-refractivity contribution >= 4 is 0 Å². The standard InChI is InChI=1S/C17H26FNO2/c1-4-17(5-2)11-14(8-9-21-17)19-12(3)15-7-6-13(18)10-16(15)20/h6-7,10,12,14,19-20H,4-5,8-9,11H2,1-3H3. The van der Waals surface area contributed by atoms with Crippen molar-refractivity contribution in [3.05, 3.63) is 29.6 Å². The molecule has 1 aromatic rings. The Kier molecular flexibility index (Phi) is 5.22. The Hall–Kier alpha value is -1.13. The predicted molar refractivity (Wildman–Crippen MR) is 81.9 cm³/mol. The Bertz CT molecular complexity index is 474. The zero-order chi connectivity index (χ0) is 15.5. The van der Waals surface area contributed by atoms with Gasteiger partial charge in [0.1, 0.15) is 11.6 Å². The quantitative estimate of drug-likeness (QED) is 0.865. The topological polar surface area (TPSA) is 41.5 Å². The summed E-state index contributed by atoms with van der Waals surface area (Å²) in [5.74, 6) is -0.398. The number of benzene rings is 1. The van der Waals surface area contributed by atoms with E-state index in [0.29, 0.717) is 6.04 Å². The highest BCUT2D eigenvalue weighted by molar-refractivity contribution is 5.35. The van der Waals surface area contributed by atoms with Gasteiger partial charge in [0.15, 0.2) is 0 Å². The first-order chi connectivity index (χ1) is 9.99. The van der Waals surface area contributed by atoms with Crippen LogP contribution in [0.15, 0.2) is 18.2 Å². The molecule has 2 unspecified atom stereocenters. The summed E-state index contributed by atoms with van der Waals surface area (Å²) in [4.78, 5) is 0. The number of hydrogen-bond donors (Lipinski definition) is 2. The molecule has 0 aliphatic carbocycles. The molecule has 0 aromatic heterocycles. The Morgan fingerprint density at radius 2 is 2.14 bits per heavy atom. The Labute approximate surface area is 126 Å². The molecule has 1 fully saturated rings. The zero-order valence-electron chi connectivity index (χ0n) is 13.2. The number of phenolic OH excluding ortho intramolecular Hbond substituents is 1. The third-order valence-electron chi connectivity index (χ3n) is 4.73. The minimum atomic E-state index is -0.412. The fraction of sp³-hybridized carbons (Fsp3) is 0.647. The first-order valence-corrected chi connectivity index (χ1v) is 7.88. The highest BCUT2D eigenvalue weighted by Crippen LogP contribution is 2.33. The van der Waals surface area contributed by atoms with E-state index in [1.165, 1.54) is 12.1 Å². The van der Waals surface area contributed by atoms with Gasteiger partial charge in [-0.15, -0.1) is 0 Å². The minimum Gasteiger partial charge on any atom is -0.508 e. The summed E-state index contributed by atoms with van der Waals surface area (Å²) in [7, 11) is 0. The van der Waals surface area contributed by atoms with Crippen LogP contribution in [-0.2, 0) is 4.74 Å². The van der Waals surface area contributed by atoms with E-state index in [9.17, 15) is 9.50 Å². The lowest BCUT2D eigenvalue weighted by Crippen LogP contribution is -2.47. The van der Waals surface area contributed by atoms with Crippen molar-refractivity contribution in [1.82, 2.24) is 5.32 Å². The molecule has 1 aliphatic rings. The first kappa shape index (κ1) is 16.2. The molecule has 4 heteroatoms. The second-order valence-electron chi connectivity index (χ2n) is 6.02. The Balaban J connectivity index is 2.03. The van der Waals surface area contributed by atoms with Gasteiger partial charge in [-0.25, -0.2) is 4.39 Å². The highest BCUT2D eigenvalue weighted by atomic mass is 19.1. The molecule has 21 heavy (non-hydrogen) atoms.